The molecule has 0 saturated heterocycles. The molecule has 0 amide bonds. The van der Waals surface area contributed by atoms with Crippen molar-refractivity contribution < 1.29 is 4.21 Å². The molecule has 12 heavy (non-hydrogen) atoms. The van der Waals surface area contributed by atoms with Crippen LogP contribution in [0, 0.1) is 0 Å². The zero-order valence-corrected chi connectivity index (χ0v) is 8.44. The minimum absolute atomic E-state index is 0.0361. The summed E-state index contributed by atoms with van der Waals surface area (Å²) in [5.41, 5.74) is 0. The molecule has 0 heterocycles. The summed E-state index contributed by atoms with van der Waals surface area (Å²) in [6.07, 6.45) is 0. The zero-order chi connectivity index (χ0) is 8.97. The first-order chi connectivity index (χ1) is 5.70. The summed E-state index contributed by atoms with van der Waals surface area (Å²) in [7, 11) is -0.945. The van der Waals surface area contributed by atoms with Crippen LogP contribution < -0.4 is 0 Å². The second-order valence-corrected chi connectivity index (χ2v) is 4.85. The maximum atomic E-state index is 11.5. The van der Waals surface area contributed by atoms with Crippen LogP contribution in [0.2, 0.25) is 0 Å². The van der Waals surface area contributed by atoms with Gasteiger partial charge in [0.1, 0.15) is 0 Å². The Kier molecular flexibility index (Phi) is 3.76. The Morgan fingerprint density at radius 1 is 1.42 bits per heavy atom. The monoisotopic (exact) mass is 202 g/mol. The molecular formula is C9H11ClOS. The van der Waals surface area contributed by atoms with E-state index in [0.717, 1.165) is 4.90 Å². The fourth-order valence-electron chi connectivity index (χ4n) is 0.877. The number of alkyl halides is 1. The van der Waals surface area contributed by atoms with Crippen LogP contribution in [-0.4, -0.2) is 15.3 Å². The molecule has 0 saturated carbocycles. The van der Waals surface area contributed by atoms with E-state index in [-0.39, 0.29) is 5.38 Å². The lowest BCUT2D eigenvalue weighted by molar-refractivity contribution is 0.682. The van der Waals surface area contributed by atoms with Gasteiger partial charge in [-0.3, -0.25) is 4.21 Å². The van der Waals surface area contributed by atoms with Gasteiger partial charge in [0.2, 0.25) is 0 Å². The molecule has 1 rings (SSSR count). The fraction of sp³-hybridized carbons (Fsp3) is 0.333. The molecule has 66 valence electrons. The molecular weight excluding hydrogens is 192 g/mol. The van der Waals surface area contributed by atoms with Crippen molar-refractivity contribution in [2.75, 3.05) is 5.75 Å². The van der Waals surface area contributed by atoms with Crippen molar-refractivity contribution in [1.82, 2.24) is 0 Å². The minimum atomic E-state index is -0.945. The van der Waals surface area contributed by atoms with Crippen molar-refractivity contribution in [2.24, 2.45) is 0 Å². The Morgan fingerprint density at radius 2 is 2.00 bits per heavy atom. The molecule has 1 aromatic carbocycles. The lowest BCUT2D eigenvalue weighted by Gasteiger charge is -2.02. The molecule has 0 spiro atoms. The highest BCUT2D eigenvalue weighted by molar-refractivity contribution is 7.85. The summed E-state index contributed by atoms with van der Waals surface area (Å²) in [4.78, 5) is 0.852. The SMILES string of the molecule is CC(Cl)CS(=O)c1ccccc1. The third-order valence-electron chi connectivity index (χ3n) is 1.39. The maximum absolute atomic E-state index is 11.5. The molecule has 2 unspecified atom stereocenters. The van der Waals surface area contributed by atoms with Crippen LogP contribution in [0.1, 0.15) is 6.92 Å². The van der Waals surface area contributed by atoms with Gasteiger partial charge in [-0.1, -0.05) is 18.2 Å². The molecule has 1 aromatic rings. The Morgan fingerprint density at radius 3 is 2.50 bits per heavy atom. The summed E-state index contributed by atoms with van der Waals surface area (Å²) in [6, 6.07) is 9.38. The van der Waals surface area contributed by atoms with Gasteiger partial charge in [-0.05, 0) is 19.1 Å². The van der Waals surface area contributed by atoms with E-state index in [1.807, 2.05) is 37.3 Å². The average Bonchev–Trinajstić information content (AvgIpc) is 2.05. The Balaban J connectivity index is 2.66. The van der Waals surface area contributed by atoms with Crippen molar-refractivity contribution in [3.63, 3.8) is 0 Å². The number of benzene rings is 1. The van der Waals surface area contributed by atoms with Gasteiger partial charge in [-0.2, -0.15) is 0 Å². The van der Waals surface area contributed by atoms with E-state index < -0.39 is 10.8 Å². The van der Waals surface area contributed by atoms with Crippen LogP contribution in [0.3, 0.4) is 0 Å². The van der Waals surface area contributed by atoms with Gasteiger partial charge in [-0.25, -0.2) is 0 Å². The largest absolute Gasteiger partial charge is 0.254 e. The van der Waals surface area contributed by atoms with Gasteiger partial charge in [0.15, 0.2) is 0 Å². The van der Waals surface area contributed by atoms with Gasteiger partial charge >= 0.3 is 0 Å². The molecule has 0 radical (unpaired) electrons. The molecule has 0 fully saturated rings. The van der Waals surface area contributed by atoms with E-state index in [4.69, 9.17) is 11.6 Å². The van der Waals surface area contributed by atoms with Crippen molar-refractivity contribution in [3.8, 4) is 0 Å². The van der Waals surface area contributed by atoms with Crippen LogP contribution in [0.5, 0.6) is 0 Å². The van der Waals surface area contributed by atoms with Gasteiger partial charge in [0.05, 0.1) is 10.8 Å². The standard InChI is InChI=1S/C9H11ClOS/c1-8(10)7-12(11)9-5-3-2-4-6-9/h2-6,8H,7H2,1H3. The van der Waals surface area contributed by atoms with Crippen LogP contribution >= 0.6 is 11.6 Å². The minimum Gasteiger partial charge on any atom is -0.254 e. The first-order valence-corrected chi connectivity index (χ1v) is 5.53. The topological polar surface area (TPSA) is 17.1 Å². The Labute approximate surface area is 80.2 Å². The third-order valence-corrected chi connectivity index (χ3v) is 3.33. The quantitative estimate of drug-likeness (QED) is 0.689. The van der Waals surface area contributed by atoms with E-state index in [2.05, 4.69) is 0 Å². The highest BCUT2D eigenvalue weighted by atomic mass is 35.5. The van der Waals surface area contributed by atoms with Crippen molar-refractivity contribution >= 4 is 22.4 Å². The normalized spacial score (nSPS) is 15.5. The van der Waals surface area contributed by atoms with E-state index in [1.165, 1.54) is 0 Å². The summed E-state index contributed by atoms with van der Waals surface area (Å²) < 4.78 is 11.5. The average molecular weight is 203 g/mol. The van der Waals surface area contributed by atoms with E-state index >= 15 is 0 Å². The summed E-state index contributed by atoms with van der Waals surface area (Å²) >= 11 is 5.73. The van der Waals surface area contributed by atoms with Crippen molar-refractivity contribution in [3.05, 3.63) is 30.3 Å². The van der Waals surface area contributed by atoms with Gasteiger partial charge in [0.25, 0.3) is 0 Å². The van der Waals surface area contributed by atoms with E-state index in [9.17, 15) is 4.21 Å². The molecule has 0 aliphatic rings. The molecule has 0 aromatic heterocycles. The lowest BCUT2D eigenvalue weighted by Crippen LogP contribution is -2.06. The van der Waals surface area contributed by atoms with Crippen molar-refractivity contribution in [2.45, 2.75) is 17.2 Å². The smallest absolute Gasteiger partial charge is 0.0544 e. The zero-order valence-electron chi connectivity index (χ0n) is 6.87. The third kappa shape index (κ3) is 2.95. The van der Waals surface area contributed by atoms with Crippen molar-refractivity contribution in [1.29, 1.82) is 0 Å². The molecule has 3 heteroatoms. The van der Waals surface area contributed by atoms with Gasteiger partial charge in [-0.15, -0.1) is 11.6 Å². The van der Waals surface area contributed by atoms with Gasteiger partial charge < -0.3 is 0 Å². The molecule has 0 aliphatic carbocycles. The predicted octanol–water partition coefficient (Wildman–Crippen LogP) is 2.42. The summed E-state index contributed by atoms with van der Waals surface area (Å²) in [5, 5.41) is -0.0361. The van der Waals surface area contributed by atoms with Crippen LogP contribution in [0.25, 0.3) is 0 Å². The first-order valence-electron chi connectivity index (χ1n) is 3.77. The Hall–Kier alpha value is -0.340. The highest BCUT2D eigenvalue weighted by Crippen LogP contribution is 2.08. The number of halogens is 1. The second kappa shape index (κ2) is 4.63. The molecule has 0 N–H and O–H groups in total. The second-order valence-electron chi connectivity index (χ2n) is 2.61. The van der Waals surface area contributed by atoms with E-state index in [1.54, 1.807) is 0 Å². The molecule has 0 aliphatic heterocycles. The molecule has 0 bridgehead atoms. The van der Waals surface area contributed by atoms with E-state index in [0.29, 0.717) is 5.75 Å². The lowest BCUT2D eigenvalue weighted by atomic mass is 10.4. The number of hydrogen-bond acceptors (Lipinski definition) is 1. The summed E-state index contributed by atoms with van der Waals surface area (Å²) in [5.74, 6) is 0.519. The van der Waals surface area contributed by atoms with Crippen LogP contribution in [0.15, 0.2) is 35.2 Å². The van der Waals surface area contributed by atoms with Crippen LogP contribution in [0.4, 0.5) is 0 Å². The number of hydrogen-bond donors (Lipinski definition) is 0. The highest BCUT2D eigenvalue weighted by Gasteiger charge is 2.05. The van der Waals surface area contributed by atoms with Gasteiger partial charge in [0, 0.05) is 16.0 Å². The predicted molar refractivity (Wildman–Crippen MR) is 53.0 cm³/mol. The summed E-state index contributed by atoms with van der Waals surface area (Å²) in [6.45, 7) is 1.85. The number of rotatable bonds is 3. The fourth-order valence-corrected chi connectivity index (χ4v) is 2.29. The molecule has 2 atom stereocenters. The Bertz CT molecular complexity index is 258. The first kappa shape index (κ1) is 9.75. The molecule has 1 nitrogen and oxygen atoms in total. The maximum Gasteiger partial charge on any atom is 0.0544 e. The van der Waals surface area contributed by atoms with Crippen LogP contribution in [-0.2, 0) is 10.8 Å².